The highest BCUT2D eigenvalue weighted by molar-refractivity contribution is 7.98. The van der Waals surface area contributed by atoms with Crippen LogP contribution < -0.4 is 10.2 Å². The molecule has 3 heterocycles. The first-order valence-electron chi connectivity index (χ1n) is 11.5. The average molecular weight is 466 g/mol. The van der Waals surface area contributed by atoms with E-state index in [0.29, 0.717) is 17.9 Å². The van der Waals surface area contributed by atoms with E-state index in [2.05, 4.69) is 35.0 Å². The molecule has 0 saturated carbocycles. The lowest BCUT2D eigenvalue weighted by Gasteiger charge is -2.34. The molecule has 7 nitrogen and oxygen atoms in total. The minimum Gasteiger partial charge on any atom is -0.467 e. The Morgan fingerprint density at radius 2 is 1.94 bits per heavy atom. The summed E-state index contributed by atoms with van der Waals surface area (Å²) in [4.78, 5) is 26.9. The van der Waals surface area contributed by atoms with Crippen LogP contribution >= 0.6 is 11.8 Å². The molecule has 3 aromatic rings. The number of nitrogens with one attached hydrogen (secondary N) is 1. The number of piperazine rings is 1. The maximum atomic E-state index is 12.5. The summed E-state index contributed by atoms with van der Waals surface area (Å²) in [7, 11) is 0. The number of aryl methyl sites for hydroxylation is 1. The van der Waals surface area contributed by atoms with Gasteiger partial charge in [-0.15, -0.1) is 0 Å². The average Bonchev–Trinajstić information content (AvgIpc) is 3.40. The highest BCUT2D eigenvalue weighted by Gasteiger charge is 2.18. The Labute approximate surface area is 199 Å². The first kappa shape index (κ1) is 23.3. The molecule has 1 N–H and O–H groups in total. The van der Waals surface area contributed by atoms with Crippen LogP contribution in [0.25, 0.3) is 0 Å². The number of carbonyl (C=O) groups excluding carboxylic acids is 1. The number of nitrogens with zero attached hydrogens (tertiary/aromatic N) is 4. The number of furan rings is 1. The molecule has 0 unspecified atom stereocenters. The standard InChI is InChI=1S/C25H31N5O2S/c1-3-21-16-23(30-12-10-29(4-2)11-13-30)28-25(27-21)33-18-19-7-5-8-20(15-19)24(31)26-17-22-9-6-14-32-22/h5-9,14-16H,3-4,10-13,17-18H2,1-2H3,(H,26,31). The minimum atomic E-state index is -0.115. The molecule has 1 fully saturated rings. The van der Waals surface area contributed by atoms with Gasteiger partial charge in [0.1, 0.15) is 11.6 Å². The topological polar surface area (TPSA) is 74.5 Å². The summed E-state index contributed by atoms with van der Waals surface area (Å²) in [6.07, 6.45) is 2.48. The molecule has 0 bridgehead atoms. The lowest BCUT2D eigenvalue weighted by Crippen LogP contribution is -2.46. The summed E-state index contributed by atoms with van der Waals surface area (Å²) in [5.41, 5.74) is 2.76. The Morgan fingerprint density at radius 1 is 1.09 bits per heavy atom. The molecule has 8 heteroatoms. The van der Waals surface area contributed by atoms with Gasteiger partial charge in [0.25, 0.3) is 5.91 Å². The van der Waals surface area contributed by atoms with Crippen LogP contribution in [0.3, 0.4) is 0 Å². The van der Waals surface area contributed by atoms with Gasteiger partial charge in [-0.05, 0) is 42.8 Å². The fraction of sp³-hybridized carbons (Fsp3) is 0.400. The molecular weight excluding hydrogens is 434 g/mol. The number of benzene rings is 1. The van der Waals surface area contributed by atoms with Gasteiger partial charge < -0.3 is 19.5 Å². The Morgan fingerprint density at radius 3 is 2.67 bits per heavy atom. The number of rotatable bonds is 9. The zero-order valence-electron chi connectivity index (χ0n) is 19.3. The fourth-order valence-electron chi connectivity index (χ4n) is 3.79. The molecule has 0 aliphatic carbocycles. The molecule has 4 rings (SSSR count). The Balaban J connectivity index is 1.39. The number of anilines is 1. The van der Waals surface area contributed by atoms with Crippen molar-refractivity contribution in [3.8, 4) is 0 Å². The molecule has 33 heavy (non-hydrogen) atoms. The molecule has 174 valence electrons. The van der Waals surface area contributed by atoms with Crippen LogP contribution in [0.15, 0.2) is 58.3 Å². The second kappa shape index (κ2) is 11.3. The van der Waals surface area contributed by atoms with Crippen molar-refractivity contribution in [2.75, 3.05) is 37.6 Å². The molecule has 0 spiro atoms. The van der Waals surface area contributed by atoms with Crippen molar-refractivity contribution in [1.82, 2.24) is 20.2 Å². The zero-order valence-corrected chi connectivity index (χ0v) is 20.1. The molecule has 0 atom stereocenters. The van der Waals surface area contributed by atoms with E-state index < -0.39 is 0 Å². The summed E-state index contributed by atoms with van der Waals surface area (Å²) in [6.45, 7) is 9.93. The van der Waals surface area contributed by atoms with Gasteiger partial charge in [-0.25, -0.2) is 9.97 Å². The van der Waals surface area contributed by atoms with E-state index in [-0.39, 0.29) is 5.91 Å². The van der Waals surface area contributed by atoms with Gasteiger partial charge in [0.15, 0.2) is 5.16 Å². The van der Waals surface area contributed by atoms with E-state index >= 15 is 0 Å². The van der Waals surface area contributed by atoms with Gasteiger partial charge in [0, 0.05) is 49.3 Å². The van der Waals surface area contributed by atoms with Gasteiger partial charge in [0.05, 0.1) is 12.8 Å². The monoisotopic (exact) mass is 465 g/mol. The summed E-state index contributed by atoms with van der Waals surface area (Å²) in [5.74, 6) is 2.34. The number of hydrogen-bond donors (Lipinski definition) is 1. The van der Waals surface area contributed by atoms with E-state index in [1.165, 1.54) is 0 Å². The zero-order chi connectivity index (χ0) is 23.0. The summed E-state index contributed by atoms with van der Waals surface area (Å²) in [6, 6.07) is 13.5. The van der Waals surface area contributed by atoms with Gasteiger partial charge in [-0.1, -0.05) is 37.7 Å². The van der Waals surface area contributed by atoms with Gasteiger partial charge in [0.2, 0.25) is 0 Å². The molecule has 1 amide bonds. The van der Waals surface area contributed by atoms with Crippen molar-refractivity contribution in [3.05, 3.63) is 71.3 Å². The summed E-state index contributed by atoms with van der Waals surface area (Å²) < 4.78 is 5.28. The SMILES string of the molecule is CCc1cc(N2CCN(CC)CC2)nc(SCc2cccc(C(=O)NCc3ccco3)c2)n1. The smallest absolute Gasteiger partial charge is 0.251 e. The van der Waals surface area contributed by atoms with Crippen molar-refractivity contribution in [2.24, 2.45) is 0 Å². The summed E-state index contributed by atoms with van der Waals surface area (Å²) >= 11 is 1.61. The highest BCUT2D eigenvalue weighted by atomic mass is 32.2. The fourth-order valence-corrected chi connectivity index (χ4v) is 4.61. The Bertz CT molecular complexity index is 1050. The Hall–Kier alpha value is -2.84. The van der Waals surface area contributed by atoms with Crippen molar-refractivity contribution < 1.29 is 9.21 Å². The van der Waals surface area contributed by atoms with Crippen LogP contribution in [0.2, 0.25) is 0 Å². The number of amides is 1. The maximum Gasteiger partial charge on any atom is 0.251 e. The molecule has 1 aromatic carbocycles. The molecule has 2 aromatic heterocycles. The second-order valence-electron chi connectivity index (χ2n) is 8.03. The van der Waals surface area contributed by atoms with E-state index in [9.17, 15) is 4.79 Å². The van der Waals surface area contributed by atoms with E-state index in [1.807, 2.05) is 36.4 Å². The molecule has 0 radical (unpaired) electrons. The van der Waals surface area contributed by atoms with Crippen LogP contribution in [-0.4, -0.2) is 53.5 Å². The normalized spacial score (nSPS) is 14.4. The van der Waals surface area contributed by atoms with Crippen molar-refractivity contribution in [2.45, 2.75) is 37.7 Å². The second-order valence-corrected chi connectivity index (χ2v) is 8.97. The van der Waals surface area contributed by atoms with Crippen LogP contribution in [0.4, 0.5) is 5.82 Å². The van der Waals surface area contributed by atoms with Gasteiger partial charge >= 0.3 is 0 Å². The van der Waals surface area contributed by atoms with E-state index in [0.717, 1.165) is 67.1 Å². The van der Waals surface area contributed by atoms with Crippen LogP contribution in [0, 0.1) is 0 Å². The predicted octanol–water partition coefficient (Wildman–Crippen LogP) is 4.00. The Kier molecular flexibility index (Phi) is 8.01. The predicted molar refractivity (Wildman–Crippen MR) is 132 cm³/mol. The van der Waals surface area contributed by atoms with Gasteiger partial charge in [-0.2, -0.15) is 0 Å². The molecule has 1 aliphatic rings. The highest BCUT2D eigenvalue weighted by Crippen LogP contribution is 2.24. The first-order chi connectivity index (χ1) is 16.1. The molecule has 1 saturated heterocycles. The number of thioether (sulfide) groups is 1. The summed E-state index contributed by atoms with van der Waals surface area (Å²) in [5, 5.41) is 3.68. The van der Waals surface area contributed by atoms with Crippen molar-refractivity contribution in [1.29, 1.82) is 0 Å². The third-order valence-electron chi connectivity index (χ3n) is 5.81. The molecular formula is C25H31N5O2S. The number of likely N-dealkylation sites (N-methyl/N-ethyl adjacent to an activating group) is 1. The van der Waals surface area contributed by atoms with Crippen LogP contribution in [0.5, 0.6) is 0 Å². The molecule has 1 aliphatic heterocycles. The quantitative estimate of drug-likeness (QED) is 0.378. The third kappa shape index (κ3) is 6.36. The lowest BCUT2D eigenvalue weighted by atomic mass is 10.1. The lowest BCUT2D eigenvalue weighted by molar-refractivity contribution is 0.0948. The largest absolute Gasteiger partial charge is 0.467 e. The van der Waals surface area contributed by atoms with E-state index in [4.69, 9.17) is 14.4 Å². The first-order valence-corrected chi connectivity index (χ1v) is 12.5. The van der Waals surface area contributed by atoms with Crippen LogP contribution in [0.1, 0.15) is 41.2 Å². The van der Waals surface area contributed by atoms with E-state index in [1.54, 1.807) is 18.0 Å². The maximum absolute atomic E-state index is 12.5. The van der Waals surface area contributed by atoms with Gasteiger partial charge in [-0.3, -0.25) is 4.79 Å². The van der Waals surface area contributed by atoms with Crippen molar-refractivity contribution >= 4 is 23.5 Å². The number of hydrogen-bond acceptors (Lipinski definition) is 7. The number of carbonyl (C=O) groups is 1. The van der Waals surface area contributed by atoms with Crippen LogP contribution in [-0.2, 0) is 18.7 Å². The van der Waals surface area contributed by atoms with Crippen molar-refractivity contribution in [3.63, 3.8) is 0 Å². The minimum absolute atomic E-state index is 0.115. The third-order valence-corrected chi connectivity index (χ3v) is 6.73. The number of aromatic nitrogens is 2.